The molecule has 142 valence electrons. The Balaban J connectivity index is 2.01. The molecule has 2 aromatic carbocycles. The number of alkyl halides is 2. The number of anilines is 1. The van der Waals surface area contributed by atoms with Crippen molar-refractivity contribution in [1.29, 1.82) is 0 Å². The van der Waals surface area contributed by atoms with Gasteiger partial charge in [-0.05, 0) is 36.8 Å². The lowest BCUT2D eigenvalue weighted by Gasteiger charge is -2.37. The molecule has 1 aliphatic rings. The zero-order chi connectivity index (χ0) is 19.4. The summed E-state index contributed by atoms with van der Waals surface area (Å²) in [5.41, 5.74) is 1.96. The van der Waals surface area contributed by atoms with Gasteiger partial charge in [-0.25, -0.2) is 0 Å². The van der Waals surface area contributed by atoms with Gasteiger partial charge in [0.25, 0.3) is 5.91 Å². The second-order valence-corrected chi connectivity index (χ2v) is 5.86. The molecule has 1 N–H and O–H groups in total. The molecule has 1 aliphatic heterocycles. The minimum atomic E-state index is -2.95. The third kappa shape index (κ3) is 3.86. The molecule has 1 heterocycles. The van der Waals surface area contributed by atoms with Crippen molar-refractivity contribution in [3.8, 4) is 11.5 Å². The molecule has 0 bridgehead atoms. The Morgan fingerprint density at radius 3 is 2.74 bits per heavy atom. The van der Waals surface area contributed by atoms with Crippen molar-refractivity contribution in [2.75, 3.05) is 18.5 Å². The van der Waals surface area contributed by atoms with Crippen molar-refractivity contribution in [2.24, 2.45) is 0 Å². The van der Waals surface area contributed by atoms with Crippen LogP contribution in [0.5, 0.6) is 11.5 Å². The zero-order valence-corrected chi connectivity index (χ0v) is 14.8. The molecule has 5 nitrogen and oxygen atoms in total. The summed E-state index contributed by atoms with van der Waals surface area (Å²) in [6.07, 6.45) is 1.14. The molecule has 7 heteroatoms. The smallest absolute Gasteiger partial charge is 0.387 e. The predicted molar refractivity (Wildman–Crippen MR) is 98.3 cm³/mol. The molecule has 0 aliphatic carbocycles. The number of para-hydroxylation sites is 1. The molecule has 2 aromatic rings. The third-order valence-electron chi connectivity index (χ3n) is 4.15. The van der Waals surface area contributed by atoms with Crippen molar-refractivity contribution in [1.82, 2.24) is 4.90 Å². The van der Waals surface area contributed by atoms with E-state index in [1.54, 1.807) is 42.2 Å². The molecule has 0 saturated heterocycles. The lowest BCUT2D eigenvalue weighted by molar-refractivity contribution is -0.0514. The number of nitrogens with one attached hydrogen (secondary N) is 1. The van der Waals surface area contributed by atoms with Crippen LogP contribution in [0.25, 0.3) is 0 Å². The van der Waals surface area contributed by atoms with Gasteiger partial charge < -0.3 is 19.7 Å². The van der Waals surface area contributed by atoms with Crippen LogP contribution in [0.3, 0.4) is 0 Å². The summed E-state index contributed by atoms with van der Waals surface area (Å²) in [5, 5.41) is 3.32. The minimum Gasteiger partial charge on any atom is -0.490 e. The fourth-order valence-electron chi connectivity index (χ4n) is 3.04. The fourth-order valence-corrected chi connectivity index (χ4v) is 3.04. The molecule has 0 fully saturated rings. The lowest BCUT2D eigenvalue weighted by Crippen LogP contribution is -2.43. The summed E-state index contributed by atoms with van der Waals surface area (Å²) in [7, 11) is 0. The van der Waals surface area contributed by atoms with Gasteiger partial charge in [-0.1, -0.05) is 24.3 Å². The van der Waals surface area contributed by atoms with Crippen LogP contribution in [0.1, 0.15) is 29.0 Å². The van der Waals surface area contributed by atoms with Crippen molar-refractivity contribution in [2.45, 2.75) is 19.7 Å². The van der Waals surface area contributed by atoms with E-state index in [1.807, 2.05) is 12.1 Å². The van der Waals surface area contributed by atoms with Crippen LogP contribution < -0.4 is 14.8 Å². The second kappa shape index (κ2) is 8.07. The van der Waals surface area contributed by atoms with Gasteiger partial charge >= 0.3 is 6.61 Å². The van der Waals surface area contributed by atoms with Crippen LogP contribution in [0, 0.1) is 0 Å². The summed E-state index contributed by atoms with van der Waals surface area (Å²) in [6, 6.07) is 11.9. The van der Waals surface area contributed by atoms with Crippen LogP contribution in [0.4, 0.5) is 14.5 Å². The van der Waals surface area contributed by atoms with E-state index in [1.165, 1.54) is 6.07 Å². The van der Waals surface area contributed by atoms with E-state index in [9.17, 15) is 13.6 Å². The summed E-state index contributed by atoms with van der Waals surface area (Å²) in [5.74, 6) is 0.00971. The molecular formula is C20H20F2N2O3. The fraction of sp³-hybridized carbons (Fsp3) is 0.250. The van der Waals surface area contributed by atoms with Gasteiger partial charge in [-0.2, -0.15) is 8.78 Å². The van der Waals surface area contributed by atoms with Crippen molar-refractivity contribution in [3.05, 3.63) is 66.2 Å². The number of benzene rings is 2. The molecule has 1 unspecified atom stereocenters. The van der Waals surface area contributed by atoms with Crippen molar-refractivity contribution < 1.29 is 23.0 Å². The average Bonchev–Trinajstić information content (AvgIpc) is 2.65. The van der Waals surface area contributed by atoms with E-state index in [-0.39, 0.29) is 17.4 Å². The molecule has 1 atom stereocenters. The minimum absolute atomic E-state index is 0.0478. The first-order valence-electron chi connectivity index (χ1n) is 8.54. The van der Waals surface area contributed by atoms with Gasteiger partial charge in [0.15, 0.2) is 11.5 Å². The maximum Gasteiger partial charge on any atom is 0.387 e. The SMILES string of the molecule is C=CCN1C(=O)c2ccccc2NC1c1ccc(OC(F)F)c(OCC)c1. The van der Waals surface area contributed by atoms with Gasteiger partial charge in [0, 0.05) is 12.2 Å². The Bertz CT molecular complexity index is 842. The zero-order valence-electron chi connectivity index (χ0n) is 14.8. The Morgan fingerprint density at radius 2 is 2.04 bits per heavy atom. The number of nitrogens with zero attached hydrogens (tertiary/aromatic N) is 1. The highest BCUT2D eigenvalue weighted by Crippen LogP contribution is 2.37. The number of halogens is 2. The number of carbonyl (C=O) groups is 1. The maximum atomic E-state index is 12.9. The average molecular weight is 374 g/mol. The number of amides is 1. The monoisotopic (exact) mass is 374 g/mol. The van der Waals surface area contributed by atoms with E-state index < -0.39 is 12.8 Å². The maximum absolute atomic E-state index is 12.9. The number of carbonyl (C=O) groups excluding carboxylic acids is 1. The lowest BCUT2D eigenvalue weighted by atomic mass is 10.0. The highest BCUT2D eigenvalue weighted by atomic mass is 19.3. The van der Waals surface area contributed by atoms with E-state index in [0.29, 0.717) is 30.0 Å². The molecule has 0 spiro atoms. The molecule has 27 heavy (non-hydrogen) atoms. The van der Waals surface area contributed by atoms with Gasteiger partial charge in [-0.3, -0.25) is 4.79 Å². The van der Waals surface area contributed by atoms with Crippen molar-refractivity contribution >= 4 is 11.6 Å². The molecule has 1 amide bonds. The first-order valence-corrected chi connectivity index (χ1v) is 8.54. The summed E-state index contributed by atoms with van der Waals surface area (Å²) in [4.78, 5) is 14.5. The van der Waals surface area contributed by atoms with E-state index >= 15 is 0 Å². The number of hydrogen-bond acceptors (Lipinski definition) is 4. The quantitative estimate of drug-likeness (QED) is 0.728. The van der Waals surface area contributed by atoms with Crippen LogP contribution in [0.2, 0.25) is 0 Å². The summed E-state index contributed by atoms with van der Waals surface area (Å²) < 4.78 is 35.2. The summed E-state index contributed by atoms with van der Waals surface area (Å²) in [6.45, 7) is 3.13. The molecule has 0 radical (unpaired) electrons. The number of ether oxygens (including phenoxy) is 2. The molecular weight excluding hydrogens is 354 g/mol. The van der Waals surface area contributed by atoms with E-state index in [0.717, 1.165) is 0 Å². The van der Waals surface area contributed by atoms with E-state index in [2.05, 4.69) is 16.6 Å². The van der Waals surface area contributed by atoms with E-state index in [4.69, 9.17) is 4.74 Å². The first kappa shape index (κ1) is 18.7. The predicted octanol–water partition coefficient (Wildman–Crippen LogP) is 4.44. The Morgan fingerprint density at radius 1 is 1.26 bits per heavy atom. The number of hydrogen-bond donors (Lipinski definition) is 1. The normalized spacial score (nSPS) is 15.9. The Kier molecular flexibility index (Phi) is 5.59. The van der Waals surface area contributed by atoms with Crippen LogP contribution in [-0.4, -0.2) is 30.6 Å². The van der Waals surface area contributed by atoms with Gasteiger partial charge in [0.2, 0.25) is 0 Å². The molecule has 3 rings (SSSR count). The Hall–Kier alpha value is -3.09. The molecule has 0 aromatic heterocycles. The van der Waals surface area contributed by atoms with Crippen molar-refractivity contribution in [3.63, 3.8) is 0 Å². The second-order valence-electron chi connectivity index (χ2n) is 5.86. The van der Waals surface area contributed by atoms with Crippen LogP contribution in [0.15, 0.2) is 55.1 Å². The van der Waals surface area contributed by atoms with Crippen LogP contribution >= 0.6 is 0 Å². The number of fused-ring (bicyclic) bond motifs is 1. The first-order chi connectivity index (χ1) is 13.0. The Labute approximate surface area is 156 Å². The standard InChI is InChI=1S/C20H20F2N2O3/c1-3-11-24-18(23-15-8-6-5-7-14(15)19(24)25)13-9-10-16(27-20(21)22)17(12-13)26-4-2/h3,5-10,12,18,20,23H,1,4,11H2,2H3. The topological polar surface area (TPSA) is 50.8 Å². The highest BCUT2D eigenvalue weighted by Gasteiger charge is 2.32. The summed E-state index contributed by atoms with van der Waals surface area (Å²) >= 11 is 0. The van der Waals surface area contributed by atoms with Gasteiger partial charge in [-0.15, -0.1) is 6.58 Å². The van der Waals surface area contributed by atoms with Gasteiger partial charge in [0.1, 0.15) is 6.17 Å². The highest BCUT2D eigenvalue weighted by molar-refractivity contribution is 6.01. The van der Waals surface area contributed by atoms with Crippen LogP contribution in [-0.2, 0) is 0 Å². The third-order valence-corrected chi connectivity index (χ3v) is 4.15. The number of rotatable bonds is 7. The molecule has 0 saturated carbocycles. The van der Waals surface area contributed by atoms with Gasteiger partial charge in [0.05, 0.1) is 12.2 Å². The largest absolute Gasteiger partial charge is 0.490 e.